The number of ether oxygens (including phenoxy) is 3. The van der Waals surface area contributed by atoms with Crippen LogP contribution in [0.5, 0.6) is 0 Å². The number of rotatable bonds is 42. The van der Waals surface area contributed by atoms with Gasteiger partial charge in [0.2, 0.25) is 0 Å². The summed E-state index contributed by atoms with van der Waals surface area (Å²) < 4.78 is 16.7. The maximum atomic E-state index is 12.8. The fourth-order valence-electron chi connectivity index (χ4n) is 6.16. The molecule has 0 amide bonds. The minimum Gasteiger partial charge on any atom is -0.462 e. The molecule has 0 aliphatic heterocycles. The molecule has 0 spiro atoms. The molecule has 348 valence electrons. The van der Waals surface area contributed by atoms with E-state index in [0.29, 0.717) is 12.8 Å². The van der Waals surface area contributed by atoms with Crippen molar-refractivity contribution in [2.45, 2.75) is 200 Å². The summed E-state index contributed by atoms with van der Waals surface area (Å²) >= 11 is 0. The van der Waals surface area contributed by atoms with Crippen molar-refractivity contribution in [1.82, 2.24) is 0 Å². The van der Waals surface area contributed by atoms with E-state index in [1.165, 1.54) is 57.8 Å². The Morgan fingerprint density at radius 1 is 0.339 bits per heavy atom. The van der Waals surface area contributed by atoms with E-state index in [9.17, 15) is 14.4 Å². The first-order valence-corrected chi connectivity index (χ1v) is 24.7. The molecule has 0 fully saturated rings. The van der Waals surface area contributed by atoms with E-state index < -0.39 is 6.10 Å². The summed E-state index contributed by atoms with van der Waals surface area (Å²) in [6, 6.07) is 0. The summed E-state index contributed by atoms with van der Waals surface area (Å²) in [4.78, 5) is 37.9. The monoisotopic (exact) mass is 857 g/mol. The molecule has 0 N–H and O–H groups in total. The number of carbonyl (C=O) groups is 3. The van der Waals surface area contributed by atoms with Gasteiger partial charge in [-0.3, -0.25) is 14.4 Å². The number of unbranched alkanes of at least 4 members (excludes halogenated alkanes) is 18. The van der Waals surface area contributed by atoms with E-state index in [1.54, 1.807) is 0 Å². The minimum atomic E-state index is -0.818. The zero-order chi connectivity index (χ0) is 45.1. The standard InChI is InChI=1S/C56H88O6/c1-4-7-10-13-16-19-22-24-26-27-28-29-30-32-34-37-40-43-46-49-55(58)61-52-53(51-60-54(57)48-45-42-39-36-33-21-18-15-12-9-6-3)62-56(59)50-47-44-41-38-35-31-25-23-20-17-14-11-8-5-2/h7,10,13,15-16,18-19,21-22,24,26-35,53H,4-6,8-9,11-12,14,17,20,23,25,36-52H2,1-3H3/b10-7-,16-13-,18-15-,22-19-,26-24-,28-27+,30-29-,33-21-,34-32-,35-31-. The van der Waals surface area contributed by atoms with Crippen molar-refractivity contribution < 1.29 is 28.6 Å². The Bertz CT molecular complexity index is 1350. The highest BCUT2D eigenvalue weighted by Gasteiger charge is 2.19. The minimum absolute atomic E-state index is 0.117. The number of allylic oxidation sites excluding steroid dienone is 20. The van der Waals surface area contributed by atoms with Gasteiger partial charge in [0.15, 0.2) is 6.10 Å². The van der Waals surface area contributed by atoms with Crippen molar-refractivity contribution in [2.75, 3.05) is 13.2 Å². The quantitative estimate of drug-likeness (QED) is 0.0200. The van der Waals surface area contributed by atoms with Gasteiger partial charge in [-0.25, -0.2) is 0 Å². The Morgan fingerprint density at radius 3 is 1.10 bits per heavy atom. The molecule has 6 heteroatoms. The summed E-state index contributed by atoms with van der Waals surface area (Å²) in [5, 5.41) is 0. The average Bonchev–Trinajstić information content (AvgIpc) is 3.27. The third-order valence-corrected chi connectivity index (χ3v) is 9.89. The van der Waals surface area contributed by atoms with Gasteiger partial charge in [-0.2, -0.15) is 0 Å². The van der Waals surface area contributed by atoms with Crippen LogP contribution in [0, 0.1) is 0 Å². The number of hydrogen-bond donors (Lipinski definition) is 0. The van der Waals surface area contributed by atoms with E-state index >= 15 is 0 Å². The van der Waals surface area contributed by atoms with E-state index in [2.05, 4.69) is 69.4 Å². The Hall–Kier alpha value is -4.19. The SMILES string of the molecule is CC\C=C/C=C\C=C/C=C\C=C\C=C/C=C\CCCCCC(=O)OCC(COC(=O)CCCCC/C=C\C=C/CCCC)OC(=O)CCCCC/C=C\CCCCCCCCC. The molecular formula is C56H88O6. The smallest absolute Gasteiger partial charge is 0.306 e. The van der Waals surface area contributed by atoms with Gasteiger partial charge in [-0.05, 0) is 83.5 Å². The van der Waals surface area contributed by atoms with E-state index in [4.69, 9.17) is 14.2 Å². The summed E-state index contributed by atoms with van der Waals surface area (Å²) in [7, 11) is 0. The molecule has 0 aromatic rings. The van der Waals surface area contributed by atoms with Crippen LogP contribution < -0.4 is 0 Å². The van der Waals surface area contributed by atoms with Crippen LogP contribution in [0.3, 0.4) is 0 Å². The third-order valence-electron chi connectivity index (χ3n) is 9.89. The molecule has 0 heterocycles. The van der Waals surface area contributed by atoms with Crippen molar-refractivity contribution in [3.05, 3.63) is 122 Å². The lowest BCUT2D eigenvalue weighted by Crippen LogP contribution is -2.30. The van der Waals surface area contributed by atoms with Crippen molar-refractivity contribution in [3.63, 3.8) is 0 Å². The lowest BCUT2D eigenvalue weighted by atomic mass is 10.1. The van der Waals surface area contributed by atoms with Crippen LogP contribution in [0.4, 0.5) is 0 Å². The summed E-state index contributed by atoms with van der Waals surface area (Å²) in [5.74, 6) is -1.01. The van der Waals surface area contributed by atoms with Gasteiger partial charge < -0.3 is 14.2 Å². The zero-order valence-electron chi connectivity index (χ0n) is 39.6. The predicted molar refractivity (Wildman–Crippen MR) is 265 cm³/mol. The molecule has 1 atom stereocenters. The molecule has 0 aliphatic carbocycles. The first-order valence-electron chi connectivity index (χ1n) is 24.7. The van der Waals surface area contributed by atoms with Crippen LogP contribution in [0.15, 0.2) is 122 Å². The van der Waals surface area contributed by atoms with Crippen LogP contribution in [-0.4, -0.2) is 37.2 Å². The first kappa shape index (κ1) is 57.8. The van der Waals surface area contributed by atoms with Crippen LogP contribution in [0.1, 0.15) is 194 Å². The zero-order valence-corrected chi connectivity index (χ0v) is 39.6. The Morgan fingerprint density at radius 2 is 0.661 bits per heavy atom. The fraction of sp³-hybridized carbons (Fsp3) is 0.589. The number of esters is 3. The lowest BCUT2D eigenvalue weighted by molar-refractivity contribution is -0.167. The van der Waals surface area contributed by atoms with Crippen LogP contribution >= 0.6 is 0 Å². The summed E-state index contributed by atoms with van der Waals surface area (Å²) in [6.07, 6.45) is 67.5. The largest absolute Gasteiger partial charge is 0.462 e. The molecule has 6 nitrogen and oxygen atoms in total. The second-order valence-corrected chi connectivity index (χ2v) is 15.8. The number of carbonyl (C=O) groups excluding carboxylic acids is 3. The van der Waals surface area contributed by atoms with Crippen LogP contribution in [0.25, 0.3) is 0 Å². The Balaban J connectivity index is 4.55. The molecule has 0 radical (unpaired) electrons. The van der Waals surface area contributed by atoms with Crippen molar-refractivity contribution in [1.29, 1.82) is 0 Å². The van der Waals surface area contributed by atoms with Gasteiger partial charge in [-0.15, -0.1) is 0 Å². The molecule has 0 aromatic carbocycles. The molecule has 0 bridgehead atoms. The number of hydrogen-bond acceptors (Lipinski definition) is 6. The van der Waals surface area contributed by atoms with Crippen molar-refractivity contribution in [3.8, 4) is 0 Å². The lowest BCUT2D eigenvalue weighted by Gasteiger charge is -2.18. The van der Waals surface area contributed by atoms with Gasteiger partial charge in [0.05, 0.1) is 0 Å². The Labute approximate surface area is 380 Å². The molecular weight excluding hydrogens is 769 g/mol. The van der Waals surface area contributed by atoms with Crippen molar-refractivity contribution >= 4 is 17.9 Å². The van der Waals surface area contributed by atoms with Gasteiger partial charge >= 0.3 is 17.9 Å². The molecule has 0 aliphatic rings. The maximum absolute atomic E-state index is 12.8. The molecule has 0 aromatic heterocycles. The highest BCUT2D eigenvalue weighted by molar-refractivity contribution is 5.71. The topological polar surface area (TPSA) is 78.9 Å². The van der Waals surface area contributed by atoms with Gasteiger partial charge in [0, 0.05) is 19.3 Å². The first-order chi connectivity index (χ1) is 30.5. The van der Waals surface area contributed by atoms with E-state index in [-0.39, 0.29) is 37.5 Å². The highest BCUT2D eigenvalue weighted by Crippen LogP contribution is 2.12. The van der Waals surface area contributed by atoms with Crippen molar-refractivity contribution in [2.24, 2.45) is 0 Å². The fourth-order valence-corrected chi connectivity index (χ4v) is 6.16. The third kappa shape index (κ3) is 46.9. The predicted octanol–water partition coefficient (Wildman–Crippen LogP) is 16.1. The van der Waals surface area contributed by atoms with Gasteiger partial charge in [0.1, 0.15) is 13.2 Å². The van der Waals surface area contributed by atoms with E-state index in [0.717, 1.165) is 96.3 Å². The summed E-state index contributed by atoms with van der Waals surface area (Å²) in [6.45, 7) is 6.33. The highest BCUT2D eigenvalue weighted by atomic mass is 16.6. The Kier molecular flexibility index (Phi) is 46.1. The van der Waals surface area contributed by atoms with Crippen LogP contribution in [0.2, 0.25) is 0 Å². The molecule has 0 saturated heterocycles. The second kappa shape index (κ2) is 49.5. The second-order valence-electron chi connectivity index (χ2n) is 15.8. The molecule has 0 rings (SSSR count). The molecule has 62 heavy (non-hydrogen) atoms. The maximum Gasteiger partial charge on any atom is 0.306 e. The van der Waals surface area contributed by atoms with E-state index in [1.807, 2.05) is 72.9 Å². The molecule has 1 unspecified atom stereocenters. The van der Waals surface area contributed by atoms with Gasteiger partial charge in [0.25, 0.3) is 0 Å². The normalized spacial score (nSPS) is 13.1. The average molecular weight is 857 g/mol. The van der Waals surface area contributed by atoms with Gasteiger partial charge in [-0.1, -0.05) is 213 Å². The molecule has 0 saturated carbocycles. The van der Waals surface area contributed by atoms with Crippen LogP contribution in [-0.2, 0) is 28.6 Å². The summed E-state index contributed by atoms with van der Waals surface area (Å²) in [5.41, 5.74) is 0.